The van der Waals surface area contributed by atoms with E-state index in [9.17, 15) is 8.42 Å². The van der Waals surface area contributed by atoms with Crippen LogP contribution in [0, 0.1) is 0 Å². The van der Waals surface area contributed by atoms with E-state index in [1.165, 1.54) is 4.31 Å². The Hall–Kier alpha value is -2.12. The third kappa shape index (κ3) is 2.74. The second kappa shape index (κ2) is 6.07. The van der Waals surface area contributed by atoms with Gasteiger partial charge in [0.2, 0.25) is 10.0 Å². The first-order valence-electron chi connectivity index (χ1n) is 7.95. The number of rotatable bonds is 3. The Labute approximate surface area is 141 Å². The van der Waals surface area contributed by atoms with Gasteiger partial charge >= 0.3 is 0 Å². The summed E-state index contributed by atoms with van der Waals surface area (Å²) in [4.78, 5) is 4.59. The number of fused-ring (bicyclic) bond motifs is 1. The fourth-order valence-corrected chi connectivity index (χ4v) is 4.65. The topological polar surface area (TPSA) is 68.7 Å². The van der Waals surface area contributed by atoms with Gasteiger partial charge in [0.25, 0.3) is 0 Å². The van der Waals surface area contributed by atoms with Gasteiger partial charge in [-0.2, -0.15) is 4.31 Å². The maximum absolute atomic E-state index is 12.9. The minimum absolute atomic E-state index is 0.137. The van der Waals surface area contributed by atoms with Crippen LogP contribution in [0.3, 0.4) is 0 Å². The number of ether oxygens (including phenoxy) is 2. The van der Waals surface area contributed by atoms with E-state index >= 15 is 0 Å². The average Bonchev–Trinajstić information content (AvgIpc) is 3.13. The van der Waals surface area contributed by atoms with Crippen molar-refractivity contribution in [2.24, 2.45) is 0 Å². The summed E-state index contributed by atoms with van der Waals surface area (Å²) in [5.74, 6) is 1.22. The predicted octanol–water partition coefficient (Wildman–Crippen LogP) is 2.03. The molecule has 2 aliphatic heterocycles. The molecule has 24 heavy (non-hydrogen) atoms. The molecule has 1 atom stereocenters. The lowest BCUT2D eigenvalue weighted by molar-refractivity contribution is 0.171. The van der Waals surface area contributed by atoms with E-state index in [1.807, 2.05) is 18.2 Å². The lowest BCUT2D eigenvalue weighted by atomic mass is 10.0. The van der Waals surface area contributed by atoms with Crippen LogP contribution in [0.25, 0.3) is 0 Å². The smallest absolute Gasteiger partial charge is 0.243 e. The van der Waals surface area contributed by atoms with Crippen LogP contribution >= 0.6 is 0 Å². The summed E-state index contributed by atoms with van der Waals surface area (Å²) in [6, 6.07) is 10.5. The molecule has 126 valence electrons. The molecular formula is C17H18N2O4S. The van der Waals surface area contributed by atoms with E-state index < -0.39 is 10.0 Å². The highest BCUT2D eigenvalue weighted by molar-refractivity contribution is 7.89. The molecule has 0 amide bonds. The molecule has 1 aromatic carbocycles. The van der Waals surface area contributed by atoms with Gasteiger partial charge < -0.3 is 9.47 Å². The van der Waals surface area contributed by atoms with Crippen molar-refractivity contribution >= 4 is 10.0 Å². The maximum Gasteiger partial charge on any atom is 0.243 e. The summed E-state index contributed by atoms with van der Waals surface area (Å²) in [7, 11) is -3.54. The third-order valence-corrected chi connectivity index (χ3v) is 6.27. The van der Waals surface area contributed by atoms with Gasteiger partial charge in [0, 0.05) is 37.0 Å². The van der Waals surface area contributed by atoms with Crippen LogP contribution in [0.15, 0.2) is 47.5 Å². The second-order valence-corrected chi connectivity index (χ2v) is 7.85. The SMILES string of the molecule is O=S(=O)(c1ccc2c(c1)OCCO2)N1CC[C@@H](c2ccccn2)C1. The van der Waals surface area contributed by atoms with Gasteiger partial charge in [-0.1, -0.05) is 6.07 Å². The van der Waals surface area contributed by atoms with Gasteiger partial charge in [-0.25, -0.2) is 8.42 Å². The largest absolute Gasteiger partial charge is 0.486 e. The van der Waals surface area contributed by atoms with Crippen LogP contribution < -0.4 is 9.47 Å². The molecule has 1 aromatic heterocycles. The average molecular weight is 346 g/mol. The first-order valence-corrected chi connectivity index (χ1v) is 9.39. The van der Waals surface area contributed by atoms with Crippen LogP contribution in [-0.4, -0.2) is 44.0 Å². The first-order chi connectivity index (χ1) is 11.6. The molecule has 0 radical (unpaired) electrons. The molecule has 2 aliphatic rings. The van der Waals surface area contributed by atoms with Gasteiger partial charge in [-0.05, 0) is 30.7 Å². The minimum Gasteiger partial charge on any atom is -0.486 e. The molecule has 0 spiro atoms. The van der Waals surface area contributed by atoms with Crippen LogP contribution in [0.5, 0.6) is 11.5 Å². The highest BCUT2D eigenvalue weighted by Crippen LogP contribution is 2.35. The number of aromatic nitrogens is 1. The Kier molecular flexibility index (Phi) is 3.90. The van der Waals surface area contributed by atoms with E-state index in [4.69, 9.17) is 9.47 Å². The molecule has 0 unspecified atom stereocenters. The monoisotopic (exact) mass is 346 g/mol. The maximum atomic E-state index is 12.9. The zero-order chi connectivity index (χ0) is 16.6. The normalized spacial score (nSPS) is 20.9. The zero-order valence-corrected chi connectivity index (χ0v) is 13.9. The molecule has 2 aromatic rings. The Balaban J connectivity index is 1.57. The predicted molar refractivity (Wildman–Crippen MR) is 87.8 cm³/mol. The number of benzene rings is 1. The molecule has 1 saturated heterocycles. The summed E-state index contributed by atoms with van der Waals surface area (Å²) >= 11 is 0. The molecule has 7 heteroatoms. The molecule has 6 nitrogen and oxygen atoms in total. The van der Waals surface area contributed by atoms with Gasteiger partial charge in [-0.15, -0.1) is 0 Å². The number of hydrogen-bond acceptors (Lipinski definition) is 5. The number of sulfonamides is 1. The molecule has 1 fully saturated rings. The molecule has 0 saturated carbocycles. The van der Waals surface area contributed by atoms with Crippen molar-refractivity contribution in [3.8, 4) is 11.5 Å². The van der Waals surface area contributed by atoms with Gasteiger partial charge in [0.05, 0.1) is 4.90 Å². The van der Waals surface area contributed by atoms with Crippen molar-refractivity contribution in [2.75, 3.05) is 26.3 Å². The zero-order valence-electron chi connectivity index (χ0n) is 13.1. The van der Waals surface area contributed by atoms with Crippen molar-refractivity contribution in [3.63, 3.8) is 0 Å². The van der Waals surface area contributed by atoms with Crippen molar-refractivity contribution < 1.29 is 17.9 Å². The lowest BCUT2D eigenvalue weighted by Gasteiger charge is -2.21. The highest BCUT2D eigenvalue weighted by Gasteiger charge is 2.34. The van der Waals surface area contributed by atoms with E-state index in [1.54, 1.807) is 24.4 Å². The molecule has 0 N–H and O–H groups in total. The Morgan fingerprint density at radius 3 is 2.71 bits per heavy atom. The Morgan fingerprint density at radius 2 is 1.92 bits per heavy atom. The van der Waals surface area contributed by atoms with Crippen molar-refractivity contribution in [1.82, 2.24) is 9.29 Å². The summed E-state index contributed by atoms with van der Waals surface area (Å²) < 4.78 is 38.3. The van der Waals surface area contributed by atoms with Crippen molar-refractivity contribution in [2.45, 2.75) is 17.2 Å². The quantitative estimate of drug-likeness (QED) is 0.851. The molecule has 0 bridgehead atoms. The molecule has 3 heterocycles. The number of nitrogens with zero attached hydrogens (tertiary/aromatic N) is 2. The Morgan fingerprint density at radius 1 is 1.08 bits per heavy atom. The summed E-state index contributed by atoms with van der Waals surface area (Å²) in [5.41, 5.74) is 0.942. The van der Waals surface area contributed by atoms with Crippen LogP contribution in [0.4, 0.5) is 0 Å². The molecule has 0 aliphatic carbocycles. The van der Waals surface area contributed by atoms with E-state index in [2.05, 4.69) is 4.98 Å². The van der Waals surface area contributed by atoms with Crippen molar-refractivity contribution in [1.29, 1.82) is 0 Å². The van der Waals surface area contributed by atoms with Crippen LogP contribution in [-0.2, 0) is 10.0 Å². The van der Waals surface area contributed by atoms with Crippen molar-refractivity contribution in [3.05, 3.63) is 48.3 Å². The third-order valence-electron chi connectivity index (χ3n) is 4.41. The van der Waals surface area contributed by atoms with Gasteiger partial charge in [0.1, 0.15) is 13.2 Å². The second-order valence-electron chi connectivity index (χ2n) is 5.91. The highest BCUT2D eigenvalue weighted by atomic mass is 32.2. The number of pyridine rings is 1. The molecule has 4 rings (SSSR count). The van der Waals surface area contributed by atoms with E-state index in [-0.39, 0.29) is 10.8 Å². The fraction of sp³-hybridized carbons (Fsp3) is 0.353. The van der Waals surface area contributed by atoms with Gasteiger partial charge in [-0.3, -0.25) is 4.98 Å². The summed E-state index contributed by atoms with van der Waals surface area (Å²) in [6.45, 7) is 1.87. The van der Waals surface area contributed by atoms with Crippen LogP contribution in [0.1, 0.15) is 18.0 Å². The number of hydrogen-bond donors (Lipinski definition) is 0. The fourth-order valence-electron chi connectivity index (χ4n) is 3.14. The Bertz CT molecular complexity index is 839. The van der Waals surface area contributed by atoms with Gasteiger partial charge in [0.15, 0.2) is 11.5 Å². The van der Waals surface area contributed by atoms with Crippen LogP contribution in [0.2, 0.25) is 0 Å². The van der Waals surface area contributed by atoms with E-state index in [0.717, 1.165) is 12.1 Å². The summed E-state index contributed by atoms with van der Waals surface area (Å²) in [6.07, 6.45) is 2.52. The lowest BCUT2D eigenvalue weighted by Crippen LogP contribution is -2.29. The van der Waals surface area contributed by atoms with E-state index in [0.29, 0.717) is 37.8 Å². The minimum atomic E-state index is -3.54. The first kappa shape index (κ1) is 15.4. The molecular weight excluding hydrogens is 328 g/mol. The summed E-state index contributed by atoms with van der Waals surface area (Å²) in [5, 5.41) is 0. The standard InChI is InChI=1S/C17H18N2O4S/c20-24(21,14-4-5-16-17(11-14)23-10-9-22-16)19-8-6-13(12-19)15-3-1-2-7-18-15/h1-5,7,11,13H,6,8-10,12H2/t13-/m1/s1.